The summed E-state index contributed by atoms with van der Waals surface area (Å²) in [7, 11) is 0. The van der Waals surface area contributed by atoms with E-state index in [1.165, 1.54) is 16.0 Å². The Morgan fingerprint density at radius 2 is 1.83 bits per heavy atom. The molecule has 1 aromatic carbocycles. The first-order valence-corrected chi connectivity index (χ1v) is 13.8. The second kappa shape index (κ2) is 11.8. The first-order valence-electron chi connectivity index (χ1n) is 12.0. The van der Waals surface area contributed by atoms with Gasteiger partial charge in [-0.05, 0) is 25.0 Å². The fraction of sp³-hybridized carbons (Fsp3) is 0.440. The van der Waals surface area contributed by atoms with E-state index in [2.05, 4.69) is 46.4 Å². The average molecular weight is 527 g/mol. The topological polar surface area (TPSA) is 116 Å². The summed E-state index contributed by atoms with van der Waals surface area (Å²) in [5.41, 5.74) is 1.38. The van der Waals surface area contributed by atoms with E-state index in [0.29, 0.717) is 35.1 Å². The van der Waals surface area contributed by atoms with E-state index in [0.717, 1.165) is 41.2 Å². The van der Waals surface area contributed by atoms with Gasteiger partial charge in [-0.2, -0.15) is 4.68 Å². The Bertz CT molecular complexity index is 1320. The van der Waals surface area contributed by atoms with Crippen LogP contribution in [0.1, 0.15) is 75.7 Å². The minimum Gasteiger partial charge on any atom is -0.444 e. The molecule has 190 valence electrons. The van der Waals surface area contributed by atoms with Gasteiger partial charge in [0.15, 0.2) is 5.13 Å². The number of thioether (sulfide) groups is 1. The Labute approximate surface area is 218 Å². The van der Waals surface area contributed by atoms with Crippen molar-refractivity contribution in [3.05, 3.63) is 48.3 Å². The van der Waals surface area contributed by atoms with Crippen LogP contribution in [-0.4, -0.2) is 36.8 Å². The van der Waals surface area contributed by atoms with Gasteiger partial charge < -0.3 is 9.73 Å². The molecule has 1 N–H and O–H groups in total. The molecule has 9 nitrogen and oxygen atoms in total. The zero-order valence-corrected chi connectivity index (χ0v) is 22.3. The normalized spacial score (nSPS) is 11.8. The molecule has 0 saturated carbocycles. The number of hydrogen-bond acceptors (Lipinski definition) is 9. The van der Waals surface area contributed by atoms with E-state index in [4.69, 9.17) is 4.42 Å². The van der Waals surface area contributed by atoms with Crippen molar-refractivity contribution in [3.63, 3.8) is 0 Å². The number of amides is 1. The second-order valence-electron chi connectivity index (χ2n) is 9.49. The lowest BCUT2D eigenvalue weighted by molar-refractivity contribution is -0.116. The summed E-state index contributed by atoms with van der Waals surface area (Å²) in [6.07, 6.45) is 7.65. The summed E-state index contributed by atoms with van der Waals surface area (Å²) < 4.78 is 8.18. The highest BCUT2D eigenvalue weighted by Crippen LogP contribution is 2.31. The predicted octanol–water partition coefficient (Wildman–Crippen LogP) is 6.09. The molecule has 3 heterocycles. The molecule has 0 fully saturated rings. The molecule has 0 atom stereocenters. The van der Waals surface area contributed by atoms with Crippen molar-refractivity contribution in [3.8, 4) is 0 Å². The molecule has 4 rings (SSSR count). The maximum Gasteiger partial charge on any atom is 0.248 e. The van der Waals surface area contributed by atoms with E-state index in [-0.39, 0.29) is 17.2 Å². The Morgan fingerprint density at radius 1 is 1.06 bits per heavy atom. The number of benzene rings is 1. The van der Waals surface area contributed by atoms with Crippen molar-refractivity contribution in [1.82, 2.24) is 25.0 Å². The number of unbranched alkanes of at least 4 members (excludes halogenated alkanes) is 3. The van der Waals surface area contributed by atoms with Gasteiger partial charge in [0.1, 0.15) is 11.3 Å². The van der Waals surface area contributed by atoms with Gasteiger partial charge in [0.2, 0.25) is 17.7 Å². The lowest BCUT2D eigenvalue weighted by atomic mass is 9.94. The molecule has 3 aromatic heterocycles. The number of nitrogens with one attached hydrogen (secondary N) is 1. The predicted molar refractivity (Wildman–Crippen MR) is 141 cm³/mol. The molecule has 0 bridgehead atoms. The average Bonchev–Trinajstić information content (AvgIpc) is 3.59. The number of carbonyl (C=O) groups excluding carboxylic acids is 2. The van der Waals surface area contributed by atoms with Crippen molar-refractivity contribution < 1.29 is 14.0 Å². The fourth-order valence-electron chi connectivity index (χ4n) is 3.50. The molecule has 0 radical (unpaired) electrons. The number of nitrogens with zero attached hydrogens (tertiary/aromatic N) is 5. The molecule has 4 aromatic rings. The molecular formula is C25H30N6O3S2. The molecule has 1 amide bonds. The molecule has 11 heteroatoms. The van der Waals surface area contributed by atoms with Gasteiger partial charge >= 0.3 is 0 Å². The van der Waals surface area contributed by atoms with Crippen LogP contribution in [0.2, 0.25) is 0 Å². The minimum absolute atomic E-state index is 0.0476. The highest BCUT2D eigenvalue weighted by atomic mass is 32.2. The van der Waals surface area contributed by atoms with E-state index in [1.54, 1.807) is 24.2 Å². The number of aromatic nitrogens is 5. The van der Waals surface area contributed by atoms with Crippen molar-refractivity contribution in [2.24, 2.45) is 0 Å². The van der Waals surface area contributed by atoms with Crippen molar-refractivity contribution in [1.29, 1.82) is 0 Å². The van der Waals surface area contributed by atoms with E-state index in [1.807, 2.05) is 24.3 Å². The van der Waals surface area contributed by atoms with E-state index in [9.17, 15) is 9.59 Å². The van der Waals surface area contributed by atoms with Crippen molar-refractivity contribution >= 4 is 51.1 Å². The first kappa shape index (κ1) is 26.0. The number of rotatable bonds is 11. The van der Waals surface area contributed by atoms with Crippen LogP contribution in [0.25, 0.3) is 11.0 Å². The number of para-hydroxylation sites is 1. The molecule has 0 aliphatic rings. The second-order valence-corrected chi connectivity index (χ2v) is 11.8. The third kappa shape index (κ3) is 7.01. The maximum atomic E-state index is 12.4. The molecular weight excluding hydrogens is 496 g/mol. The molecule has 0 aliphatic heterocycles. The summed E-state index contributed by atoms with van der Waals surface area (Å²) in [6.45, 7) is 6.27. The third-order valence-corrected chi connectivity index (χ3v) is 7.59. The summed E-state index contributed by atoms with van der Waals surface area (Å²) in [6, 6.07) is 7.42. The Morgan fingerprint density at radius 3 is 2.61 bits per heavy atom. The number of anilines is 1. The summed E-state index contributed by atoms with van der Waals surface area (Å²) in [5, 5.41) is 11.4. The molecule has 0 unspecified atom stereocenters. The largest absolute Gasteiger partial charge is 0.444 e. The Hall–Kier alpha value is -3.05. The summed E-state index contributed by atoms with van der Waals surface area (Å²) in [5.74, 6) is 2.05. The Kier molecular flexibility index (Phi) is 8.52. The minimum atomic E-state index is -0.0669. The number of fused-ring (bicyclic) bond motifs is 1. The van der Waals surface area contributed by atoms with Crippen LogP contribution < -0.4 is 5.32 Å². The van der Waals surface area contributed by atoms with Gasteiger partial charge in [-0.15, -0.1) is 16.9 Å². The monoisotopic (exact) mass is 526 g/mol. The standard InChI is InChI=1S/C25H30N6O3S2/c1-25(2,3)19-14-26-21(34-19)16-35-23-15-27-24(36-23)28-20(32)12-6-4-5-7-13-22(33)31-18-11-9-8-10-17(18)29-30-31/h8-11,14-15H,4-7,12-13,16H2,1-3H3,(H,27,28,32). The fourth-order valence-corrected chi connectivity index (χ4v) is 5.24. The van der Waals surface area contributed by atoms with Crippen LogP contribution in [0.3, 0.4) is 0 Å². The molecule has 0 aliphatic carbocycles. The highest BCUT2D eigenvalue weighted by Gasteiger charge is 2.19. The molecule has 0 spiro atoms. The third-order valence-electron chi connectivity index (χ3n) is 5.49. The van der Waals surface area contributed by atoms with Crippen LogP contribution in [-0.2, 0) is 16.0 Å². The van der Waals surface area contributed by atoms with Gasteiger partial charge in [-0.1, -0.05) is 62.3 Å². The van der Waals surface area contributed by atoms with Gasteiger partial charge in [-0.3, -0.25) is 9.59 Å². The highest BCUT2D eigenvalue weighted by molar-refractivity contribution is 8.00. The van der Waals surface area contributed by atoms with Crippen LogP contribution >= 0.6 is 23.1 Å². The zero-order valence-electron chi connectivity index (χ0n) is 20.7. The van der Waals surface area contributed by atoms with Crippen molar-refractivity contribution in [2.45, 2.75) is 74.7 Å². The Balaban J connectivity index is 1.11. The lowest BCUT2D eigenvalue weighted by Gasteiger charge is -2.12. The zero-order chi connectivity index (χ0) is 25.5. The van der Waals surface area contributed by atoms with Crippen LogP contribution in [0, 0.1) is 0 Å². The summed E-state index contributed by atoms with van der Waals surface area (Å²) >= 11 is 3.03. The van der Waals surface area contributed by atoms with Crippen molar-refractivity contribution in [2.75, 3.05) is 5.32 Å². The van der Waals surface area contributed by atoms with Crippen LogP contribution in [0.15, 0.2) is 45.3 Å². The van der Waals surface area contributed by atoms with Crippen LogP contribution in [0.4, 0.5) is 5.13 Å². The van der Waals surface area contributed by atoms with Crippen LogP contribution in [0.5, 0.6) is 0 Å². The number of hydrogen-bond donors (Lipinski definition) is 1. The molecule has 0 saturated heterocycles. The summed E-state index contributed by atoms with van der Waals surface area (Å²) in [4.78, 5) is 33.3. The van der Waals surface area contributed by atoms with E-state index < -0.39 is 0 Å². The number of oxazole rings is 1. The van der Waals surface area contributed by atoms with Gasteiger partial charge in [0, 0.05) is 18.3 Å². The number of thiazole rings is 1. The molecule has 36 heavy (non-hydrogen) atoms. The van der Waals surface area contributed by atoms with Gasteiger partial charge in [-0.25, -0.2) is 9.97 Å². The first-order chi connectivity index (χ1) is 17.3. The lowest BCUT2D eigenvalue weighted by Crippen LogP contribution is -2.12. The van der Waals surface area contributed by atoms with Gasteiger partial charge in [0.05, 0.1) is 27.9 Å². The SMILES string of the molecule is CC(C)(C)c1cnc(CSc2cnc(NC(=O)CCCCCCC(=O)n3nnc4ccccc43)s2)o1. The quantitative estimate of drug-likeness (QED) is 0.184. The number of carbonyl (C=O) groups is 2. The van der Waals surface area contributed by atoms with E-state index >= 15 is 0 Å². The maximum absolute atomic E-state index is 12.4. The smallest absolute Gasteiger partial charge is 0.248 e. The van der Waals surface area contributed by atoms with Gasteiger partial charge in [0.25, 0.3) is 0 Å².